The Morgan fingerprint density at radius 2 is 2.00 bits per heavy atom. The zero-order valence-corrected chi connectivity index (χ0v) is 14.2. The molecule has 1 saturated heterocycles. The van der Waals surface area contributed by atoms with Crippen LogP contribution >= 0.6 is 0 Å². The first-order valence-electron chi connectivity index (χ1n) is 8.16. The van der Waals surface area contributed by atoms with Crippen molar-refractivity contribution in [2.45, 2.75) is 13.5 Å². The maximum absolute atomic E-state index is 9.10. The SMILES string of the molecule is Cc1ccc(NCc2cccnc2N2CCN(C)CC2)nc1C#N. The third kappa shape index (κ3) is 3.63. The first-order chi connectivity index (χ1) is 11.7. The third-order valence-corrected chi connectivity index (χ3v) is 4.33. The maximum atomic E-state index is 9.10. The molecule has 1 fully saturated rings. The number of pyridine rings is 2. The van der Waals surface area contributed by atoms with E-state index in [0.717, 1.165) is 43.1 Å². The van der Waals surface area contributed by atoms with Crippen LogP contribution in [0.15, 0.2) is 30.5 Å². The Morgan fingerprint density at radius 1 is 1.21 bits per heavy atom. The molecule has 3 heterocycles. The number of aromatic nitrogens is 2. The minimum absolute atomic E-state index is 0.463. The highest BCUT2D eigenvalue weighted by molar-refractivity contribution is 5.50. The van der Waals surface area contributed by atoms with Gasteiger partial charge in [-0.2, -0.15) is 5.26 Å². The highest BCUT2D eigenvalue weighted by Gasteiger charge is 2.17. The summed E-state index contributed by atoms with van der Waals surface area (Å²) in [5, 5.41) is 12.4. The summed E-state index contributed by atoms with van der Waals surface area (Å²) in [6.45, 7) is 6.60. The Hall–Kier alpha value is -2.65. The molecule has 0 radical (unpaired) electrons. The molecule has 6 heteroatoms. The Labute approximate surface area is 142 Å². The van der Waals surface area contributed by atoms with Crippen LogP contribution in [0, 0.1) is 18.3 Å². The predicted molar refractivity (Wildman–Crippen MR) is 95.0 cm³/mol. The van der Waals surface area contributed by atoms with E-state index in [4.69, 9.17) is 5.26 Å². The molecule has 1 aliphatic rings. The molecule has 1 aliphatic heterocycles. The fourth-order valence-electron chi connectivity index (χ4n) is 2.80. The van der Waals surface area contributed by atoms with Gasteiger partial charge in [-0.25, -0.2) is 9.97 Å². The molecule has 0 bridgehead atoms. The molecule has 0 amide bonds. The van der Waals surface area contributed by atoms with Crippen LogP contribution in [-0.4, -0.2) is 48.1 Å². The minimum atomic E-state index is 0.463. The molecule has 0 atom stereocenters. The van der Waals surface area contributed by atoms with Gasteiger partial charge < -0.3 is 15.1 Å². The number of anilines is 2. The van der Waals surface area contributed by atoms with Crippen molar-refractivity contribution < 1.29 is 0 Å². The van der Waals surface area contributed by atoms with Crippen molar-refractivity contribution >= 4 is 11.6 Å². The fourth-order valence-corrected chi connectivity index (χ4v) is 2.80. The quantitative estimate of drug-likeness (QED) is 0.929. The summed E-state index contributed by atoms with van der Waals surface area (Å²) in [4.78, 5) is 13.6. The Balaban J connectivity index is 1.73. The van der Waals surface area contributed by atoms with E-state index in [1.165, 1.54) is 0 Å². The number of nitriles is 1. The van der Waals surface area contributed by atoms with Gasteiger partial charge in [0.2, 0.25) is 0 Å². The van der Waals surface area contributed by atoms with E-state index in [9.17, 15) is 0 Å². The van der Waals surface area contributed by atoms with E-state index in [2.05, 4.69) is 44.3 Å². The molecule has 3 rings (SSSR count). The van der Waals surface area contributed by atoms with Crippen LogP contribution in [0.2, 0.25) is 0 Å². The summed E-state index contributed by atoms with van der Waals surface area (Å²) in [7, 11) is 2.15. The lowest BCUT2D eigenvalue weighted by Gasteiger charge is -2.34. The normalized spacial score (nSPS) is 15.1. The van der Waals surface area contributed by atoms with Crippen molar-refractivity contribution in [2.75, 3.05) is 43.4 Å². The van der Waals surface area contributed by atoms with Gasteiger partial charge in [-0.3, -0.25) is 0 Å². The Morgan fingerprint density at radius 3 is 2.75 bits per heavy atom. The maximum Gasteiger partial charge on any atom is 0.145 e. The molecule has 2 aromatic rings. The largest absolute Gasteiger partial charge is 0.366 e. The van der Waals surface area contributed by atoms with Gasteiger partial charge >= 0.3 is 0 Å². The number of hydrogen-bond acceptors (Lipinski definition) is 6. The molecule has 0 aliphatic carbocycles. The summed E-state index contributed by atoms with van der Waals surface area (Å²) in [5.74, 6) is 1.75. The molecule has 0 saturated carbocycles. The molecule has 0 aromatic carbocycles. The van der Waals surface area contributed by atoms with Gasteiger partial charge in [-0.15, -0.1) is 0 Å². The molecule has 0 spiro atoms. The summed E-state index contributed by atoms with van der Waals surface area (Å²) in [5.41, 5.74) is 2.50. The second-order valence-corrected chi connectivity index (χ2v) is 6.10. The van der Waals surface area contributed by atoms with Crippen molar-refractivity contribution in [3.05, 3.63) is 47.3 Å². The van der Waals surface area contributed by atoms with E-state index < -0.39 is 0 Å². The smallest absolute Gasteiger partial charge is 0.145 e. The van der Waals surface area contributed by atoms with Gasteiger partial charge in [0.1, 0.15) is 23.4 Å². The second kappa shape index (κ2) is 7.28. The van der Waals surface area contributed by atoms with Crippen molar-refractivity contribution in [3.63, 3.8) is 0 Å². The number of aryl methyl sites for hydroxylation is 1. The topological polar surface area (TPSA) is 68.1 Å². The molecule has 0 unspecified atom stereocenters. The molecule has 1 N–H and O–H groups in total. The van der Waals surface area contributed by atoms with Crippen LogP contribution in [0.25, 0.3) is 0 Å². The minimum Gasteiger partial charge on any atom is -0.366 e. The number of rotatable bonds is 4. The van der Waals surface area contributed by atoms with Crippen LogP contribution in [0.3, 0.4) is 0 Å². The number of hydrogen-bond donors (Lipinski definition) is 1. The highest BCUT2D eigenvalue weighted by atomic mass is 15.3. The van der Waals surface area contributed by atoms with E-state index >= 15 is 0 Å². The lowest BCUT2D eigenvalue weighted by molar-refractivity contribution is 0.312. The van der Waals surface area contributed by atoms with Gasteiger partial charge in [-0.1, -0.05) is 12.1 Å². The first-order valence-corrected chi connectivity index (χ1v) is 8.16. The zero-order valence-electron chi connectivity index (χ0n) is 14.2. The second-order valence-electron chi connectivity index (χ2n) is 6.10. The lowest BCUT2D eigenvalue weighted by atomic mass is 10.2. The average Bonchev–Trinajstić information content (AvgIpc) is 2.62. The van der Waals surface area contributed by atoms with Crippen LogP contribution in [0.5, 0.6) is 0 Å². The van der Waals surface area contributed by atoms with Gasteiger partial charge in [0.15, 0.2) is 0 Å². The first kappa shape index (κ1) is 16.2. The van der Waals surface area contributed by atoms with Gasteiger partial charge in [0.25, 0.3) is 0 Å². The lowest BCUT2D eigenvalue weighted by Crippen LogP contribution is -2.45. The van der Waals surface area contributed by atoms with Gasteiger partial charge in [-0.05, 0) is 31.7 Å². The summed E-state index contributed by atoms with van der Waals surface area (Å²) in [6.07, 6.45) is 1.84. The van der Waals surface area contributed by atoms with E-state index in [0.29, 0.717) is 18.1 Å². The average molecular weight is 322 g/mol. The predicted octanol–water partition coefficient (Wildman–Crippen LogP) is 2.02. The van der Waals surface area contributed by atoms with Crippen LogP contribution < -0.4 is 10.2 Å². The molecule has 6 nitrogen and oxygen atoms in total. The molecule has 24 heavy (non-hydrogen) atoms. The van der Waals surface area contributed by atoms with Crippen LogP contribution in [-0.2, 0) is 6.54 Å². The summed E-state index contributed by atoms with van der Waals surface area (Å²) in [6, 6.07) is 9.99. The molecular formula is C18H22N6. The number of likely N-dealkylation sites (N-methyl/N-ethyl adjacent to an activating group) is 1. The highest BCUT2D eigenvalue weighted by Crippen LogP contribution is 2.20. The molecular weight excluding hydrogens is 300 g/mol. The number of nitrogens with one attached hydrogen (secondary N) is 1. The van der Waals surface area contributed by atoms with E-state index in [1.807, 2.05) is 31.3 Å². The standard InChI is InChI=1S/C18H22N6/c1-14-5-6-17(22-16(14)12-19)21-13-15-4-3-7-20-18(15)24-10-8-23(2)9-11-24/h3-7H,8-11,13H2,1-2H3,(H,21,22). The fraction of sp³-hybridized carbons (Fsp3) is 0.389. The monoisotopic (exact) mass is 322 g/mol. The molecule has 2 aromatic heterocycles. The Kier molecular flexibility index (Phi) is 4.92. The molecule has 124 valence electrons. The van der Waals surface area contributed by atoms with E-state index in [1.54, 1.807) is 0 Å². The van der Waals surface area contributed by atoms with Crippen molar-refractivity contribution in [2.24, 2.45) is 0 Å². The third-order valence-electron chi connectivity index (χ3n) is 4.33. The van der Waals surface area contributed by atoms with Crippen molar-refractivity contribution in [1.29, 1.82) is 5.26 Å². The van der Waals surface area contributed by atoms with Crippen LogP contribution in [0.4, 0.5) is 11.6 Å². The van der Waals surface area contributed by atoms with E-state index in [-0.39, 0.29) is 0 Å². The zero-order chi connectivity index (χ0) is 16.9. The Bertz CT molecular complexity index is 743. The van der Waals surface area contributed by atoms with Gasteiger partial charge in [0, 0.05) is 44.5 Å². The van der Waals surface area contributed by atoms with Crippen molar-refractivity contribution in [1.82, 2.24) is 14.9 Å². The number of nitrogens with zero attached hydrogens (tertiary/aromatic N) is 5. The van der Waals surface area contributed by atoms with Crippen molar-refractivity contribution in [3.8, 4) is 6.07 Å². The number of piperazine rings is 1. The van der Waals surface area contributed by atoms with Crippen LogP contribution in [0.1, 0.15) is 16.8 Å². The summed E-state index contributed by atoms with van der Waals surface area (Å²) < 4.78 is 0. The summed E-state index contributed by atoms with van der Waals surface area (Å²) >= 11 is 0. The van der Waals surface area contributed by atoms with Gasteiger partial charge in [0.05, 0.1) is 0 Å².